The quantitative estimate of drug-likeness (QED) is 0.829. The van der Waals surface area contributed by atoms with Crippen molar-refractivity contribution in [2.24, 2.45) is 5.41 Å². The van der Waals surface area contributed by atoms with E-state index in [9.17, 15) is 5.26 Å². The summed E-state index contributed by atoms with van der Waals surface area (Å²) in [5.41, 5.74) is 3.37. The first kappa shape index (κ1) is 12.4. The van der Waals surface area contributed by atoms with Crippen LogP contribution in [-0.2, 0) is 6.42 Å². The highest BCUT2D eigenvalue weighted by Crippen LogP contribution is 2.43. The van der Waals surface area contributed by atoms with Crippen molar-refractivity contribution in [3.8, 4) is 17.3 Å². The Morgan fingerprint density at radius 1 is 1.37 bits per heavy atom. The van der Waals surface area contributed by atoms with E-state index in [1.807, 2.05) is 12.1 Å². The summed E-state index contributed by atoms with van der Waals surface area (Å²) >= 11 is 1.68. The maximum atomic E-state index is 9.29. The van der Waals surface area contributed by atoms with Crippen LogP contribution in [0, 0.1) is 23.7 Å². The molecular weight excluding hydrogens is 252 g/mol. The second kappa shape index (κ2) is 4.79. The predicted molar refractivity (Wildman–Crippen MR) is 77.9 cm³/mol. The molecule has 0 bridgehead atoms. The molecule has 1 aliphatic rings. The second-order valence-corrected chi connectivity index (χ2v) is 6.31. The zero-order chi connectivity index (χ0) is 13.3. The maximum Gasteiger partial charge on any atom is 0.0948 e. The van der Waals surface area contributed by atoms with Gasteiger partial charge in [0.1, 0.15) is 0 Å². The molecule has 0 saturated heterocycles. The van der Waals surface area contributed by atoms with Gasteiger partial charge >= 0.3 is 0 Å². The molecule has 0 radical (unpaired) electrons. The average molecular weight is 268 g/mol. The smallest absolute Gasteiger partial charge is 0.0948 e. The largest absolute Gasteiger partial charge is 0.241 e. The van der Waals surface area contributed by atoms with E-state index in [4.69, 9.17) is 4.98 Å². The molecule has 1 aromatic carbocycles. The van der Waals surface area contributed by atoms with Gasteiger partial charge in [0.15, 0.2) is 0 Å². The Kier molecular flexibility index (Phi) is 3.12. The van der Waals surface area contributed by atoms with Crippen LogP contribution in [0.4, 0.5) is 0 Å². The van der Waals surface area contributed by atoms with Gasteiger partial charge in [-0.15, -0.1) is 11.3 Å². The predicted octanol–water partition coefficient (Wildman–Crippen LogP) is 4.35. The van der Waals surface area contributed by atoms with Crippen LogP contribution < -0.4 is 0 Å². The SMILES string of the molecule is Cc1ccccc1-c1csc(CC2(C#N)CCC2)n1. The van der Waals surface area contributed by atoms with Crippen molar-refractivity contribution in [2.45, 2.75) is 32.6 Å². The lowest BCUT2D eigenvalue weighted by atomic mass is 9.68. The van der Waals surface area contributed by atoms with Crippen LogP contribution in [0.15, 0.2) is 29.6 Å². The van der Waals surface area contributed by atoms with E-state index >= 15 is 0 Å². The van der Waals surface area contributed by atoms with Gasteiger partial charge in [0.2, 0.25) is 0 Å². The first-order valence-electron chi connectivity index (χ1n) is 6.64. The van der Waals surface area contributed by atoms with Crippen molar-refractivity contribution in [2.75, 3.05) is 0 Å². The first-order valence-corrected chi connectivity index (χ1v) is 7.52. The fourth-order valence-electron chi connectivity index (χ4n) is 2.60. The fourth-order valence-corrected chi connectivity index (χ4v) is 3.54. The Morgan fingerprint density at radius 3 is 2.79 bits per heavy atom. The highest BCUT2D eigenvalue weighted by atomic mass is 32.1. The average Bonchev–Trinajstić information content (AvgIpc) is 2.83. The molecule has 3 heteroatoms. The van der Waals surface area contributed by atoms with E-state index in [-0.39, 0.29) is 5.41 Å². The molecule has 1 heterocycles. The lowest BCUT2D eigenvalue weighted by molar-refractivity contribution is 0.214. The minimum atomic E-state index is -0.124. The highest BCUT2D eigenvalue weighted by molar-refractivity contribution is 7.09. The van der Waals surface area contributed by atoms with Crippen molar-refractivity contribution in [1.29, 1.82) is 5.26 Å². The third kappa shape index (κ3) is 2.29. The molecule has 2 nitrogen and oxygen atoms in total. The van der Waals surface area contributed by atoms with Crippen molar-refractivity contribution >= 4 is 11.3 Å². The van der Waals surface area contributed by atoms with E-state index < -0.39 is 0 Å². The number of rotatable bonds is 3. The number of hydrogen-bond acceptors (Lipinski definition) is 3. The molecule has 0 aliphatic heterocycles. The zero-order valence-corrected chi connectivity index (χ0v) is 11.8. The Morgan fingerprint density at radius 2 is 2.16 bits per heavy atom. The van der Waals surface area contributed by atoms with Crippen LogP contribution in [0.2, 0.25) is 0 Å². The Bertz CT molecular complexity index is 632. The Labute approximate surface area is 117 Å². The molecule has 1 saturated carbocycles. The third-order valence-electron chi connectivity index (χ3n) is 4.01. The van der Waals surface area contributed by atoms with Gasteiger partial charge < -0.3 is 0 Å². The van der Waals surface area contributed by atoms with Gasteiger partial charge in [-0.2, -0.15) is 5.26 Å². The first-order chi connectivity index (χ1) is 9.22. The van der Waals surface area contributed by atoms with Crippen LogP contribution in [0.3, 0.4) is 0 Å². The van der Waals surface area contributed by atoms with E-state index in [0.29, 0.717) is 0 Å². The van der Waals surface area contributed by atoms with Gasteiger partial charge in [-0.1, -0.05) is 30.7 Å². The zero-order valence-electron chi connectivity index (χ0n) is 11.0. The summed E-state index contributed by atoms with van der Waals surface area (Å²) in [6.45, 7) is 2.11. The normalized spacial score (nSPS) is 16.6. The second-order valence-electron chi connectivity index (χ2n) is 5.36. The van der Waals surface area contributed by atoms with Crippen LogP contribution in [-0.4, -0.2) is 4.98 Å². The molecule has 0 unspecified atom stereocenters. The van der Waals surface area contributed by atoms with Crippen molar-refractivity contribution in [3.63, 3.8) is 0 Å². The Balaban J connectivity index is 1.85. The summed E-state index contributed by atoms with van der Waals surface area (Å²) in [4.78, 5) is 4.72. The molecular formula is C16H16N2S. The number of aromatic nitrogens is 1. The van der Waals surface area contributed by atoms with E-state index in [1.54, 1.807) is 11.3 Å². The molecule has 0 N–H and O–H groups in total. The minimum absolute atomic E-state index is 0.124. The molecule has 0 amide bonds. The molecule has 96 valence electrons. The van der Waals surface area contributed by atoms with E-state index in [1.165, 1.54) is 17.5 Å². The van der Waals surface area contributed by atoms with Gasteiger partial charge in [-0.25, -0.2) is 4.98 Å². The molecule has 1 fully saturated rings. The van der Waals surface area contributed by atoms with Crippen LogP contribution in [0.1, 0.15) is 29.8 Å². The van der Waals surface area contributed by atoms with Crippen molar-refractivity contribution in [3.05, 3.63) is 40.2 Å². The molecule has 1 aliphatic carbocycles. The summed E-state index contributed by atoms with van der Waals surface area (Å²) in [6.07, 6.45) is 4.06. The van der Waals surface area contributed by atoms with Crippen molar-refractivity contribution < 1.29 is 0 Å². The van der Waals surface area contributed by atoms with Crippen LogP contribution >= 0.6 is 11.3 Å². The van der Waals surface area contributed by atoms with E-state index in [2.05, 4.69) is 30.5 Å². The van der Waals surface area contributed by atoms with Crippen LogP contribution in [0.5, 0.6) is 0 Å². The van der Waals surface area contributed by atoms with Gasteiger partial charge in [0.05, 0.1) is 22.2 Å². The molecule has 1 aromatic heterocycles. The van der Waals surface area contributed by atoms with Gasteiger partial charge in [-0.05, 0) is 25.3 Å². The molecule has 0 atom stereocenters. The summed E-state index contributed by atoms with van der Waals surface area (Å²) in [6, 6.07) is 10.8. The number of thiazole rings is 1. The summed E-state index contributed by atoms with van der Waals surface area (Å²) in [5, 5.41) is 12.5. The van der Waals surface area contributed by atoms with Gasteiger partial charge in [0.25, 0.3) is 0 Å². The number of benzene rings is 1. The molecule has 3 rings (SSSR count). The standard InChI is InChI=1S/C16H16N2S/c1-12-5-2-3-6-13(12)14-10-19-15(18-14)9-16(11-17)7-4-8-16/h2-3,5-6,10H,4,7-9H2,1H3. The van der Waals surface area contributed by atoms with Crippen molar-refractivity contribution in [1.82, 2.24) is 4.98 Å². The maximum absolute atomic E-state index is 9.29. The van der Waals surface area contributed by atoms with Crippen LogP contribution in [0.25, 0.3) is 11.3 Å². The monoisotopic (exact) mass is 268 g/mol. The third-order valence-corrected chi connectivity index (χ3v) is 4.86. The lowest BCUT2D eigenvalue weighted by Crippen LogP contribution is -2.29. The summed E-state index contributed by atoms with van der Waals surface area (Å²) in [5.74, 6) is 0. The molecule has 19 heavy (non-hydrogen) atoms. The number of aryl methyl sites for hydroxylation is 1. The number of hydrogen-bond donors (Lipinski definition) is 0. The Hall–Kier alpha value is -1.66. The summed E-state index contributed by atoms with van der Waals surface area (Å²) in [7, 11) is 0. The fraction of sp³-hybridized carbons (Fsp3) is 0.375. The number of nitrogens with zero attached hydrogens (tertiary/aromatic N) is 2. The van der Waals surface area contributed by atoms with Gasteiger partial charge in [-0.3, -0.25) is 0 Å². The number of nitriles is 1. The lowest BCUT2D eigenvalue weighted by Gasteiger charge is -2.34. The molecule has 2 aromatic rings. The minimum Gasteiger partial charge on any atom is -0.241 e. The van der Waals surface area contributed by atoms with E-state index in [0.717, 1.165) is 30.0 Å². The topological polar surface area (TPSA) is 36.7 Å². The summed E-state index contributed by atoms with van der Waals surface area (Å²) < 4.78 is 0. The van der Waals surface area contributed by atoms with Gasteiger partial charge in [0, 0.05) is 17.4 Å². The highest BCUT2D eigenvalue weighted by Gasteiger charge is 2.38. The molecule has 0 spiro atoms.